The van der Waals surface area contributed by atoms with Gasteiger partial charge in [-0.2, -0.15) is 13.2 Å². The second-order valence-corrected chi connectivity index (χ2v) is 6.73. The number of pyridine rings is 2. The van der Waals surface area contributed by atoms with Gasteiger partial charge in [-0.15, -0.1) is 0 Å². The molecule has 30 heavy (non-hydrogen) atoms. The first kappa shape index (κ1) is 23.1. The van der Waals surface area contributed by atoms with Crippen LogP contribution >= 0.6 is 0 Å². The minimum absolute atomic E-state index is 0.120. The molecule has 2 rings (SSSR count). The fraction of sp³-hybridized carbons (Fsp3) is 0.400. The van der Waals surface area contributed by atoms with Gasteiger partial charge in [0.05, 0.1) is 6.04 Å². The maximum absolute atomic E-state index is 12.6. The Labute approximate surface area is 172 Å². The van der Waals surface area contributed by atoms with E-state index >= 15 is 0 Å². The van der Waals surface area contributed by atoms with Crippen molar-refractivity contribution in [3.05, 3.63) is 52.5 Å². The molecule has 0 aliphatic rings. The molecular weight excluding hydrogens is 401 g/mol. The molecule has 0 aliphatic carbocycles. The number of ether oxygens (including phenoxy) is 1. The zero-order valence-electron chi connectivity index (χ0n) is 17.1. The lowest BCUT2D eigenvalue weighted by Crippen LogP contribution is -2.28. The number of rotatable bonds is 7. The van der Waals surface area contributed by atoms with E-state index in [1.807, 2.05) is 0 Å². The number of hydrogen-bond acceptors (Lipinski definition) is 5. The van der Waals surface area contributed by atoms with Crippen LogP contribution < -0.4 is 15.4 Å². The van der Waals surface area contributed by atoms with Crippen molar-refractivity contribution in [2.45, 2.75) is 39.9 Å². The summed E-state index contributed by atoms with van der Waals surface area (Å²) < 4.78 is 41.6. The van der Waals surface area contributed by atoms with Crippen molar-refractivity contribution < 1.29 is 27.5 Å². The first-order valence-electron chi connectivity index (χ1n) is 9.24. The van der Waals surface area contributed by atoms with Gasteiger partial charge in [0.25, 0.3) is 11.8 Å². The number of nitrogens with zero attached hydrogens (tertiary/aromatic N) is 2. The zero-order chi connectivity index (χ0) is 22.5. The first-order chi connectivity index (χ1) is 14.0. The van der Waals surface area contributed by atoms with Gasteiger partial charge in [0, 0.05) is 29.6 Å². The highest BCUT2D eigenvalue weighted by molar-refractivity contribution is 5.98. The largest absolute Gasteiger partial charge is 0.468 e. The van der Waals surface area contributed by atoms with Crippen LogP contribution in [0.3, 0.4) is 0 Å². The molecular formula is C20H23F3N4O3. The SMILES string of the molecule is CCNC(=O)c1cc(C(=O)NC(C)c2cnc(OCC(F)(F)F)c(C)c2)cc(C)n1. The highest BCUT2D eigenvalue weighted by Crippen LogP contribution is 2.23. The van der Waals surface area contributed by atoms with E-state index in [1.165, 1.54) is 12.3 Å². The van der Waals surface area contributed by atoms with E-state index in [-0.39, 0.29) is 23.0 Å². The number of halogens is 3. The second-order valence-electron chi connectivity index (χ2n) is 6.73. The molecule has 0 radical (unpaired) electrons. The number of aromatic nitrogens is 2. The Hall–Kier alpha value is -3.17. The Balaban J connectivity index is 2.12. The molecule has 162 valence electrons. The summed E-state index contributed by atoms with van der Waals surface area (Å²) in [5.41, 5.74) is 1.93. The number of nitrogens with one attached hydrogen (secondary N) is 2. The standard InChI is InChI=1S/C20H23F3N4O3/c1-5-24-18(29)16-8-14(7-12(3)26-16)17(28)27-13(4)15-6-11(2)19(25-9-15)30-10-20(21,22)23/h6-9,13H,5,10H2,1-4H3,(H,24,29)(H,27,28). The summed E-state index contributed by atoms with van der Waals surface area (Å²) in [6, 6.07) is 4.07. The molecule has 2 amide bonds. The maximum atomic E-state index is 12.6. The van der Waals surface area contributed by atoms with Gasteiger partial charge < -0.3 is 15.4 Å². The van der Waals surface area contributed by atoms with E-state index in [0.29, 0.717) is 23.4 Å². The van der Waals surface area contributed by atoms with Crippen molar-refractivity contribution in [3.63, 3.8) is 0 Å². The molecule has 0 saturated carbocycles. The molecule has 0 fully saturated rings. The lowest BCUT2D eigenvalue weighted by Gasteiger charge is -2.17. The molecule has 1 unspecified atom stereocenters. The zero-order valence-corrected chi connectivity index (χ0v) is 17.1. The average molecular weight is 424 g/mol. The van der Waals surface area contributed by atoms with Crippen LogP contribution in [0.15, 0.2) is 24.4 Å². The van der Waals surface area contributed by atoms with E-state index in [2.05, 4.69) is 25.3 Å². The lowest BCUT2D eigenvalue weighted by atomic mass is 10.1. The topological polar surface area (TPSA) is 93.2 Å². The average Bonchev–Trinajstić information content (AvgIpc) is 2.65. The van der Waals surface area contributed by atoms with Crippen LogP contribution in [0.1, 0.15) is 57.6 Å². The van der Waals surface area contributed by atoms with Crippen LogP contribution in [0, 0.1) is 13.8 Å². The highest BCUT2D eigenvalue weighted by atomic mass is 19.4. The number of hydrogen-bond donors (Lipinski definition) is 2. The molecule has 0 bridgehead atoms. The van der Waals surface area contributed by atoms with E-state index in [4.69, 9.17) is 0 Å². The molecule has 0 aliphatic heterocycles. The Morgan fingerprint density at radius 3 is 2.47 bits per heavy atom. The Kier molecular flexibility index (Phi) is 7.36. The molecule has 0 saturated heterocycles. The summed E-state index contributed by atoms with van der Waals surface area (Å²) in [6.45, 7) is 5.74. The summed E-state index contributed by atoms with van der Waals surface area (Å²) >= 11 is 0. The third kappa shape index (κ3) is 6.43. The Morgan fingerprint density at radius 1 is 1.17 bits per heavy atom. The van der Waals surface area contributed by atoms with Crippen LogP contribution in [-0.2, 0) is 0 Å². The Bertz CT molecular complexity index is 932. The minimum atomic E-state index is -4.45. The molecule has 2 aromatic rings. The molecule has 2 N–H and O–H groups in total. The first-order valence-corrected chi connectivity index (χ1v) is 9.24. The predicted molar refractivity (Wildman–Crippen MR) is 103 cm³/mol. The summed E-state index contributed by atoms with van der Waals surface area (Å²) in [4.78, 5) is 32.7. The molecule has 7 nitrogen and oxygen atoms in total. The number of carbonyl (C=O) groups is 2. The quantitative estimate of drug-likeness (QED) is 0.712. The van der Waals surface area contributed by atoms with Crippen LogP contribution in [0.25, 0.3) is 0 Å². The molecule has 10 heteroatoms. The van der Waals surface area contributed by atoms with E-state index < -0.39 is 24.7 Å². The van der Waals surface area contributed by atoms with E-state index in [0.717, 1.165) is 0 Å². The van der Waals surface area contributed by atoms with Crippen molar-refractivity contribution in [1.82, 2.24) is 20.6 Å². The van der Waals surface area contributed by atoms with Gasteiger partial charge in [0.2, 0.25) is 5.88 Å². The number of aryl methyl sites for hydroxylation is 2. The summed E-state index contributed by atoms with van der Waals surface area (Å²) in [5, 5.41) is 5.41. The summed E-state index contributed by atoms with van der Waals surface area (Å²) in [5.74, 6) is -0.919. The number of carbonyl (C=O) groups excluding carboxylic acids is 2. The normalized spacial score (nSPS) is 12.2. The van der Waals surface area contributed by atoms with Gasteiger partial charge in [-0.05, 0) is 51.5 Å². The van der Waals surface area contributed by atoms with Gasteiger partial charge >= 0.3 is 6.18 Å². The van der Waals surface area contributed by atoms with Gasteiger partial charge in [-0.25, -0.2) is 9.97 Å². The van der Waals surface area contributed by atoms with Gasteiger partial charge in [-0.3, -0.25) is 9.59 Å². The number of alkyl halides is 3. The smallest absolute Gasteiger partial charge is 0.422 e. The summed E-state index contributed by atoms with van der Waals surface area (Å²) in [6.07, 6.45) is -3.11. The lowest BCUT2D eigenvalue weighted by molar-refractivity contribution is -0.154. The molecule has 1 atom stereocenters. The third-order valence-electron chi connectivity index (χ3n) is 4.06. The maximum Gasteiger partial charge on any atom is 0.422 e. The number of amides is 2. The second kappa shape index (κ2) is 9.55. The van der Waals surface area contributed by atoms with Gasteiger partial charge in [0.1, 0.15) is 5.69 Å². The van der Waals surface area contributed by atoms with Gasteiger partial charge in [0.15, 0.2) is 6.61 Å². The predicted octanol–water partition coefficient (Wildman–Crippen LogP) is 3.28. The monoisotopic (exact) mass is 424 g/mol. The Morgan fingerprint density at radius 2 is 1.87 bits per heavy atom. The fourth-order valence-corrected chi connectivity index (χ4v) is 2.65. The van der Waals surface area contributed by atoms with Crippen LogP contribution in [0.5, 0.6) is 5.88 Å². The molecule has 0 aromatic carbocycles. The van der Waals surface area contributed by atoms with E-state index in [1.54, 1.807) is 39.8 Å². The van der Waals surface area contributed by atoms with Crippen LogP contribution in [0.2, 0.25) is 0 Å². The third-order valence-corrected chi connectivity index (χ3v) is 4.06. The molecule has 0 spiro atoms. The molecule has 2 aromatic heterocycles. The fourth-order valence-electron chi connectivity index (χ4n) is 2.65. The highest BCUT2D eigenvalue weighted by Gasteiger charge is 2.29. The van der Waals surface area contributed by atoms with Crippen molar-refractivity contribution in [2.75, 3.05) is 13.2 Å². The van der Waals surface area contributed by atoms with Crippen molar-refractivity contribution in [1.29, 1.82) is 0 Å². The van der Waals surface area contributed by atoms with Crippen molar-refractivity contribution >= 4 is 11.8 Å². The van der Waals surface area contributed by atoms with Crippen LogP contribution in [-0.4, -0.2) is 41.1 Å². The van der Waals surface area contributed by atoms with Crippen LogP contribution in [0.4, 0.5) is 13.2 Å². The molecule has 2 heterocycles. The van der Waals surface area contributed by atoms with Crippen molar-refractivity contribution in [2.24, 2.45) is 0 Å². The summed E-state index contributed by atoms with van der Waals surface area (Å²) in [7, 11) is 0. The minimum Gasteiger partial charge on any atom is -0.468 e. The van der Waals surface area contributed by atoms with E-state index in [9.17, 15) is 22.8 Å². The van der Waals surface area contributed by atoms with Crippen molar-refractivity contribution in [3.8, 4) is 5.88 Å². The van der Waals surface area contributed by atoms with Gasteiger partial charge in [-0.1, -0.05) is 0 Å².